The van der Waals surface area contributed by atoms with Crippen molar-refractivity contribution >= 4 is 5.69 Å². The van der Waals surface area contributed by atoms with E-state index in [1.54, 1.807) is 6.20 Å². The molecule has 1 aromatic carbocycles. The summed E-state index contributed by atoms with van der Waals surface area (Å²) in [6, 6.07) is 10.6. The van der Waals surface area contributed by atoms with Crippen molar-refractivity contribution in [1.29, 1.82) is 0 Å². The Labute approximate surface area is 146 Å². The number of rotatable bonds is 3. The van der Waals surface area contributed by atoms with Gasteiger partial charge in [-0.1, -0.05) is 18.2 Å². The predicted octanol–water partition coefficient (Wildman–Crippen LogP) is 2.32. The number of nitrogens with zero attached hydrogens (tertiary/aromatic N) is 5. The maximum Gasteiger partial charge on any atom is 0.165 e. The Kier molecular flexibility index (Phi) is 3.48. The molecule has 6 heteroatoms. The Bertz CT molecular complexity index is 902. The third kappa shape index (κ3) is 2.59. The van der Waals surface area contributed by atoms with Gasteiger partial charge in [0, 0.05) is 49.8 Å². The van der Waals surface area contributed by atoms with E-state index in [0.29, 0.717) is 0 Å². The third-order valence-electron chi connectivity index (χ3n) is 5.08. The zero-order valence-electron chi connectivity index (χ0n) is 14.0. The van der Waals surface area contributed by atoms with Crippen LogP contribution in [-0.2, 0) is 26.1 Å². The first-order valence-electron chi connectivity index (χ1n) is 8.78. The maximum atomic E-state index is 4.43. The van der Waals surface area contributed by atoms with Gasteiger partial charge in [0.25, 0.3) is 0 Å². The van der Waals surface area contributed by atoms with Crippen molar-refractivity contribution in [3.63, 3.8) is 0 Å². The minimum Gasteiger partial charge on any atom is -0.384 e. The Hall–Kier alpha value is -2.73. The lowest BCUT2D eigenvalue weighted by atomic mass is 10.1. The molecule has 0 radical (unpaired) electrons. The van der Waals surface area contributed by atoms with E-state index in [1.807, 2.05) is 18.3 Å². The summed E-state index contributed by atoms with van der Waals surface area (Å²) in [6.07, 6.45) is 4.76. The van der Waals surface area contributed by atoms with Gasteiger partial charge in [-0.2, -0.15) is 0 Å². The second kappa shape index (κ2) is 5.97. The molecule has 25 heavy (non-hydrogen) atoms. The van der Waals surface area contributed by atoms with Crippen LogP contribution in [0, 0.1) is 0 Å². The molecule has 2 aliphatic rings. The molecule has 1 N–H and O–H groups in total. The predicted molar refractivity (Wildman–Crippen MR) is 96.0 cm³/mol. The summed E-state index contributed by atoms with van der Waals surface area (Å²) in [6.45, 7) is 4.74. The molecule has 0 amide bonds. The fourth-order valence-electron chi connectivity index (χ4n) is 3.83. The van der Waals surface area contributed by atoms with Crippen LogP contribution >= 0.6 is 0 Å². The van der Waals surface area contributed by atoms with Crippen LogP contribution in [0.4, 0.5) is 5.69 Å². The van der Waals surface area contributed by atoms with Crippen LogP contribution in [0.5, 0.6) is 0 Å². The van der Waals surface area contributed by atoms with E-state index < -0.39 is 0 Å². The highest BCUT2D eigenvalue weighted by Gasteiger charge is 2.23. The van der Waals surface area contributed by atoms with E-state index in [0.717, 1.165) is 56.4 Å². The van der Waals surface area contributed by atoms with Crippen LogP contribution in [-0.4, -0.2) is 37.7 Å². The Morgan fingerprint density at radius 1 is 1.08 bits per heavy atom. The quantitative estimate of drug-likeness (QED) is 0.798. The SMILES string of the molecule is c1cncc(-c2nnc3n2CCN(Cc2cccc4c2NCC4)C3)c1. The molecule has 3 aromatic rings. The van der Waals surface area contributed by atoms with E-state index in [9.17, 15) is 0 Å². The van der Waals surface area contributed by atoms with E-state index >= 15 is 0 Å². The van der Waals surface area contributed by atoms with Crippen molar-refractivity contribution < 1.29 is 0 Å². The molecule has 0 bridgehead atoms. The molecule has 0 atom stereocenters. The van der Waals surface area contributed by atoms with Crippen molar-refractivity contribution in [2.45, 2.75) is 26.1 Å². The first-order chi connectivity index (χ1) is 12.4. The molecular weight excluding hydrogens is 312 g/mol. The summed E-state index contributed by atoms with van der Waals surface area (Å²) in [5.74, 6) is 1.95. The smallest absolute Gasteiger partial charge is 0.165 e. The summed E-state index contributed by atoms with van der Waals surface area (Å²) >= 11 is 0. The second-order valence-corrected chi connectivity index (χ2v) is 6.67. The van der Waals surface area contributed by atoms with Crippen molar-refractivity contribution in [2.75, 3.05) is 18.4 Å². The molecule has 0 spiro atoms. The molecule has 5 rings (SSSR count). The first-order valence-corrected chi connectivity index (χ1v) is 8.78. The molecule has 0 saturated carbocycles. The third-order valence-corrected chi connectivity index (χ3v) is 5.08. The van der Waals surface area contributed by atoms with Gasteiger partial charge in [0.05, 0.1) is 6.54 Å². The van der Waals surface area contributed by atoms with Crippen LogP contribution in [0.15, 0.2) is 42.7 Å². The van der Waals surface area contributed by atoms with Gasteiger partial charge < -0.3 is 9.88 Å². The van der Waals surface area contributed by atoms with E-state index in [4.69, 9.17) is 0 Å². The number of hydrogen-bond acceptors (Lipinski definition) is 5. The topological polar surface area (TPSA) is 58.9 Å². The van der Waals surface area contributed by atoms with Gasteiger partial charge in [-0.25, -0.2) is 0 Å². The van der Waals surface area contributed by atoms with Crippen molar-refractivity contribution in [3.05, 3.63) is 59.7 Å². The average Bonchev–Trinajstić information content (AvgIpc) is 3.29. The Morgan fingerprint density at radius 2 is 2.08 bits per heavy atom. The first kappa shape index (κ1) is 14.6. The van der Waals surface area contributed by atoms with Gasteiger partial charge >= 0.3 is 0 Å². The lowest BCUT2D eigenvalue weighted by Crippen LogP contribution is -2.33. The van der Waals surface area contributed by atoms with Crippen LogP contribution in [0.1, 0.15) is 17.0 Å². The summed E-state index contributed by atoms with van der Waals surface area (Å²) in [5, 5.41) is 12.4. The fourth-order valence-corrected chi connectivity index (χ4v) is 3.83. The average molecular weight is 332 g/mol. The molecule has 0 saturated heterocycles. The monoisotopic (exact) mass is 332 g/mol. The molecule has 0 fully saturated rings. The molecule has 126 valence electrons. The number of pyridine rings is 1. The summed E-state index contributed by atoms with van der Waals surface area (Å²) < 4.78 is 2.22. The van der Waals surface area contributed by atoms with Crippen molar-refractivity contribution in [2.24, 2.45) is 0 Å². The van der Waals surface area contributed by atoms with Gasteiger partial charge in [-0.3, -0.25) is 9.88 Å². The van der Waals surface area contributed by atoms with E-state index in [-0.39, 0.29) is 0 Å². The normalized spacial score (nSPS) is 16.3. The van der Waals surface area contributed by atoms with Gasteiger partial charge in [-0.05, 0) is 29.7 Å². The highest BCUT2D eigenvalue weighted by atomic mass is 15.3. The van der Waals surface area contributed by atoms with Crippen LogP contribution in [0.25, 0.3) is 11.4 Å². The fraction of sp³-hybridized carbons (Fsp3) is 0.316. The maximum absolute atomic E-state index is 4.43. The zero-order valence-corrected chi connectivity index (χ0v) is 14.0. The van der Waals surface area contributed by atoms with Crippen molar-refractivity contribution in [3.8, 4) is 11.4 Å². The van der Waals surface area contributed by atoms with Crippen LogP contribution in [0.2, 0.25) is 0 Å². The van der Waals surface area contributed by atoms with Crippen LogP contribution in [0.3, 0.4) is 0 Å². The number of fused-ring (bicyclic) bond motifs is 2. The number of benzene rings is 1. The van der Waals surface area contributed by atoms with Gasteiger partial charge in [0.2, 0.25) is 0 Å². The lowest BCUT2D eigenvalue weighted by Gasteiger charge is -2.28. The van der Waals surface area contributed by atoms with Crippen molar-refractivity contribution in [1.82, 2.24) is 24.6 Å². The molecule has 4 heterocycles. The standard InChI is InChI=1S/C19H20N6/c1-3-14-6-8-21-18(14)16(4-1)12-24-9-10-25-17(13-24)22-23-19(25)15-5-2-7-20-11-15/h1-5,7,11,21H,6,8-10,12-13H2. The summed E-state index contributed by atoms with van der Waals surface area (Å²) in [5.41, 5.74) is 5.19. The number of para-hydroxylation sites is 1. The second-order valence-electron chi connectivity index (χ2n) is 6.67. The molecule has 2 aromatic heterocycles. The summed E-state index contributed by atoms with van der Waals surface area (Å²) in [7, 11) is 0. The van der Waals surface area contributed by atoms with Gasteiger partial charge in [0.15, 0.2) is 5.82 Å². The highest BCUT2D eigenvalue weighted by Crippen LogP contribution is 2.28. The summed E-state index contributed by atoms with van der Waals surface area (Å²) in [4.78, 5) is 6.65. The zero-order chi connectivity index (χ0) is 16.6. The Morgan fingerprint density at radius 3 is 3.00 bits per heavy atom. The number of hydrogen-bond donors (Lipinski definition) is 1. The molecule has 6 nitrogen and oxygen atoms in total. The van der Waals surface area contributed by atoms with E-state index in [2.05, 4.69) is 48.2 Å². The van der Waals surface area contributed by atoms with E-state index in [1.165, 1.54) is 16.8 Å². The molecule has 2 aliphatic heterocycles. The van der Waals surface area contributed by atoms with Crippen LogP contribution < -0.4 is 5.32 Å². The molecular formula is C19H20N6. The minimum atomic E-state index is 0.830. The molecule has 0 unspecified atom stereocenters. The highest BCUT2D eigenvalue weighted by molar-refractivity contribution is 5.61. The molecule has 0 aliphatic carbocycles. The van der Waals surface area contributed by atoms with Gasteiger partial charge in [-0.15, -0.1) is 10.2 Å². The van der Waals surface area contributed by atoms with Gasteiger partial charge in [0.1, 0.15) is 5.82 Å². The number of aromatic nitrogens is 4. The number of nitrogens with one attached hydrogen (secondary N) is 1. The minimum absolute atomic E-state index is 0.830. The lowest BCUT2D eigenvalue weighted by molar-refractivity contribution is 0.210. The largest absolute Gasteiger partial charge is 0.384 e. The number of anilines is 1. The Balaban J connectivity index is 1.37.